The summed E-state index contributed by atoms with van der Waals surface area (Å²) in [6, 6.07) is 26.8. The lowest BCUT2D eigenvalue weighted by Gasteiger charge is -2.14. The molecule has 8 heteroatoms. The van der Waals surface area contributed by atoms with Gasteiger partial charge < -0.3 is 10.6 Å². The van der Waals surface area contributed by atoms with Crippen LogP contribution in [0.15, 0.2) is 108 Å². The van der Waals surface area contributed by atoms with E-state index in [0.29, 0.717) is 23.5 Å². The SMILES string of the molecule is N=C(NCc1ccncc1)Nc1ccc(NS(=O)(=O)c2ccccc2-c2ccccc2)cc1. The lowest BCUT2D eigenvalue weighted by molar-refractivity contribution is 0.601. The van der Waals surface area contributed by atoms with Gasteiger partial charge in [0.15, 0.2) is 5.96 Å². The zero-order chi connectivity index (χ0) is 23.1. The van der Waals surface area contributed by atoms with E-state index in [2.05, 4.69) is 20.3 Å². The first kappa shape index (κ1) is 22.0. The molecule has 1 heterocycles. The number of hydrogen-bond acceptors (Lipinski definition) is 4. The van der Waals surface area contributed by atoms with Crippen molar-refractivity contribution in [3.05, 3.63) is 109 Å². The number of anilines is 2. The number of nitrogens with zero attached hydrogens (tertiary/aromatic N) is 1. The van der Waals surface area contributed by atoms with Crippen molar-refractivity contribution < 1.29 is 8.42 Å². The van der Waals surface area contributed by atoms with Crippen LogP contribution in [0.5, 0.6) is 0 Å². The molecule has 0 spiro atoms. The Morgan fingerprint density at radius 3 is 2.15 bits per heavy atom. The summed E-state index contributed by atoms with van der Waals surface area (Å²) in [7, 11) is -3.80. The third kappa shape index (κ3) is 5.75. The molecule has 0 saturated heterocycles. The molecular weight excluding hydrogens is 434 g/mol. The molecule has 33 heavy (non-hydrogen) atoms. The summed E-state index contributed by atoms with van der Waals surface area (Å²) in [5.74, 6) is 0.136. The number of nitrogens with one attached hydrogen (secondary N) is 4. The van der Waals surface area contributed by atoms with Crippen LogP contribution in [0.2, 0.25) is 0 Å². The number of aromatic nitrogens is 1. The van der Waals surface area contributed by atoms with Crippen molar-refractivity contribution in [2.24, 2.45) is 0 Å². The maximum Gasteiger partial charge on any atom is 0.262 e. The number of pyridine rings is 1. The van der Waals surface area contributed by atoms with Crippen molar-refractivity contribution in [3.8, 4) is 11.1 Å². The quantitative estimate of drug-likeness (QED) is 0.238. The van der Waals surface area contributed by atoms with Crippen molar-refractivity contribution in [2.45, 2.75) is 11.4 Å². The van der Waals surface area contributed by atoms with Crippen LogP contribution in [-0.2, 0) is 16.6 Å². The third-order valence-corrected chi connectivity index (χ3v) is 6.33. The van der Waals surface area contributed by atoms with Crippen molar-refractivity contribution >= 4 is 27.4 Å². The molecule has 3 aromatic carbocycles. The summed E-state index contributed by atoms with van der Waals surface area (Å²) in [4.78, 5) is 4.18. The van der Waals surface area contributed by atoms with Gasteiger partial charge in [0.05, 0.1) is 4.90 Å². The highest BCUT2D eigenvalue weighted by atomic mass is 32.2. The first-order valence-electron chi connectivity index (χ1n) is 10.3. The molecule has 0 amide bonds. The van der Waals surface area contributed by atoms with Crippen LogP contribution < -0.4 is 15.4 Å². The van der Waals surface area contributed by atoms with Crippen LogP contribution in [0.3, 0.4) is 0 Å². The van der Waals surface area contributed by atoms with E-state index in [1.165, 1.54) is 0 Å². The van der Waals surface area contributed by atoms with E-state index in [-0.39, 0.29) is 10.9 Å². The molecule has 0 aliphatic carbocycles. The fourth-order valence-electron chi connectivity index (χ4n) is 3.27. The fraction of sp³-hybridized carbons (Fsp3) is 0.0400. The molecule has 0 radical (unpaired) electrons. The van der Waals surface area contributed by atoms with E-state index in [0.717, 1.165) is 11.1 Å². The average Bonchev–Trinajstić information content (AvgIpc) is 2.85. The second-order valence-corrected chi connectivity index (χ2v) is 8.90. The van der Waals surface area contributed by atoms with E-state index in [4.69, 9.17) is 5.41 Å². The summed E-state index contributed by atoms with van der Waals surface area (Å²) in [6.07, 6.45) is 3.40. The Bertz CT molecular complexity index is 1330. The van der Waals surface area contributed by atoms with Crippen LogP contribution in [0.25, 0.3) is 11.1 Å². The molecule has 4 aromatic rings. The molecule has 4 N–H and O–H groups in total. The minimum absolute atomic E-state index is 0.136. The molecule has 0 fully saturated rings. The van der Waals surface area contributed by atoms with Crippen LogP contribution in [0.4, 0.5) is 11.4 Å². The van der Waals surface area contributed by atoms with E-state index >= 15 is 0 Å². The molecule has 0 saturated carbocycles. The minimum Gasteiger partial charge on any atom is -0.352 e. The number of hydrogen-bond donors (Lipinski definition) is 4. The van der Waals surface area contributed by atoms with Gasteiger partial charge in [-0.1, -0.05) is 48.5 Å². The Hall–Kier alpha value is -4.17. The van der Waals surface area contributed by atoms with Gasteiger partial charge in [-0.2, -0.15) is 0 Å². The van der Waals surface area contributed by atoms with Gasteiger partial charge in [-0.25, -0.2) is 8.42 Å². The summed E-state index contributed by atoms with van der Waals surface area (Å²) >= 11 is 0. The van der Waals surface area contributed by atoms with Gasteiger partial charge in [-0.15, -0.1) is 0 Å². The van der Waals surface area contributed by atoms with Crippen LogP contribution in [0.1, 0.15) is 5.56 Å². The molecule has 0 bridgehead atoms. The number of sulfonamides is 1. The monoisotopic (exact) mass is 457 g/mol. The maximum atomic E-state index is 13.1. The first-order chi connectivity index (χ1) is 16.0. The van der Waals surface area contributed by atoms with Crippen LogP contribution in [-0.4, -0.2) is 19.4 Å². The second-order valence-electron chi connectivity index (χ2n) is 7.25. The smallest absolute Gasteiger partial charge is 0.262 e. The number of benzene rings is 3. The lowest BCUT2D eigenvalue weighted by Crippen LogP contribution is -2.29. The van der Waals surface area contributed by atoms with Crippen LogP contribution >= 0.6 is 0 Å². The van der Waals surface area contributed by atoms with Gasteiger partial charge in [-0.05, 0) is 53.6 Å². The highest BCUT2D eigenvalue weighted by molar-refractivity contribution is 7.92. The first-order valence-corrected chi connectivity index (χ1v) is 11.8. The zero-order valence-corrected chi connectivity index (χ0v) is 18.5. The third-order valence-electron chi connectivity index (χ3n) is 4.89. The molecule has 0 aliphatic rings. The van der Waals surface area contributed by atoms with Gasteiger partial charge in [0.2, 0.25) is 0 Å². The maximum absolute atomic E-state index is 13.1. The lowest BCUT2D eigenvalue weighted by atomic mass is 10.1. The number of rotatable bonds is 7. The summed E-state index contributed by atoms with van der Waals surface area (Å²) < 4.78 is 28.8. The van der Waals surface area contributed by atoms with E-state index in [9.17, 15) is 8.42 Å². The van der Waals surface area contributed by atoms with Crippen LogP contribution in [0, 0.1) is 5.41 Å². The van der Waals surface area contributed by atoms with Crippen molar-refractivity contribution in [1.82, 2.24) is 10.3 Å². The Morgan fingerprint density at radius 1 is 0.788 bits per heavy atom. The fourth-order valence-corrected chi connectivity index (χ4v) is 4.56. The molecule has 0 unspecified atom stereocenters. The Balaban J connectivity index is 1.42. The Morgan fingerprint density at radius 2 is 1.42 bits per heavy atom. The minimum atomic E-state index is -3.80. The molecule has 0 aliphatic heterocycles. The zero-order valence-electron chi connectivity index (χ0n) is 17.7. The molecule has 0 atom stereocenters. The molecule has 4 rings (SSSR count). The predicted molar refractivity (Wildman–Crippen MR) is 132 cm³/mol. The van der Waals surface area contributed by atoms with E-state index in [1.54, 1.807) is 54.9 Å². The van der Waals surface area contributed by atoms with Gasteiger partial charge in [0, 0.05) is 35.9 Å². The molecular formula is C25H23N5O2S. The molecule has 1 aromatic heterocycles. The van der Waals surface area contributed by atoms with Gasteiger partial charge in [-0.3, -0.25) is 15.1 Å². The van der Waals surface area contributed by atoms with Gasteiger partial charge >= 0.3 is 0 Å². The van der Waals surface area contributed by atoms with E-state index in [1.807, 2.05) is 48.5 Å². The van der Waals surface area contributed by atoms with Gasteiger partial charge in [0.25, 0.3) is 10.0 Å². The Kier molecular flexibility index (Phi) is 6.66. The Labute approximate surface area is 193 Å². The average molecular weight is 458 g/mol. The molecule has 166 valence electrons. The largest absolute Gasteiger partial charge is 0.352 e. The van der Waals surface area contributed by atoms with Crippen molar-refractivity contribution in [3.63, 3.8) is 0 Å². The van der Waals surface area contributed by atoms with E-state index < -0.39 is 10.0 Å². The highest BCUT2D eigenvalue weighted by Gasteiger charge is 2.19. The van der Waals surface area contributed by atoms with Crippen molar-refractivity contribution in [1.29, 1.82) is 5.41 Å². The summed E-state index contributed by atoms with van der Waals surface area (Å²) in [5, 5.41) is 14.0. The van der Waals surface area contributed by atoms with Crippen molar-refractivity contribution in [2.75, 3.05) is 10.0 Å². The standard InChI is InChI=1S/C25H23N5O2S/c26-25(28-18-19-14-16-27-17-15-19)29-21-10-12-22(13-11-21)30-33(31,32)24-9-5-4-8-23(24)20-6-2-1-3-7-20/h1-17,30H,18H2,(H3,26,28,29). The summed E-state index contributed by atoms with van der Waals surface area (Å²) in [5.41, 5.74) is 3.57. The second kappa shape index (κ2) is 9.97. The highest BCUT2D eigenvalue weighted by Crippen LogP contribution is 2.28. The summed E-state index contributed by atoms with van der Waals surface area (Å²) in [6.45, 7) is 0.493. The normalized spacial score (nSPS) is 10.9. The molecule has 7 nitrogen and oxygen atoms in total. The van der Waals surface area contributed by atoms with Gasteiger partial charge in [0.1, 0.15) is 0 Å². The predicted octanol–water partition coefficient (Wildman–Crippen LogP) is 4.69. The topological polar surface area (TPSA) is 107 Å². The number of guanidine groups is 1.